The topological polar surface area (TPSA) is 58.6 Å². The molecule has 2 amide bonds. The number of carbonyl (C=O) groups is 2. The fraction of sp³-hybridized carbons (Fsp3) is 0.167. The molecule has 170 valence electrons. The van der Waals surface area contributed by atoms with Gasteiger partial charge in [-0.25, -0.2) is 0 Å². The Balaban J connectivity index is 1.58. The maximum Gasteiger partial charge on any atom is 0.573 e. The Kier molecular flexibility index (Phi) is 6.29. The molecule has 33 heavy (non-hydrogen) atoms. The first-order chi connectivity index (χ1) is 15.7. The number of rotatable bonds is 4. The second-order valence-electron chi connectivity index (χ2n) is 7.46. The van der Waals surface area contributed by atoms with Crippen molar-refractivity contribution in [3.8, 4) is 5.75 Å². The van der Waals surface area contributed by atoms with E-state index in [1.807, 2.05) is 24.3 Å². The van der Waals surface area contributed by atoms with Crippen LogP contribution in [0, 0.1) is 0 Å². The lowest BCUT2D eigenvalue weighted by atomic mass is 9.92. The molecule has 1 aliphatic rings. The average Bonchev–Trinajstić information content (AvgIpc) is 2.78. The van der Waals surface area contributed by atoms with E-state index in [-0.39, 0.29) is 35.1 Å². The Morgan fingerprint density at radius 1 is 0.939 bits per heavy atom. The molecule has 9 heteroatoms. The summed E-state index contributed by atoms with van der Waals surface area (Å²) in [5.41, 5.74) is 2.42. The molecule has 0 saturated carbocycles. The minimum atomic E-state index is -4.81. The van der Waals surface area contributed by atoms with Crippen LogP contribution in [-0.4, -0.2) is 29.1 Å². The maximum absolute atomic E-state index is 13.3. The number of carbonyl (C=O) groups excluding carboxylic acids is 2. The van der Waals surface area contributed by atoms with E-state index in [0.29, 0.717) is 0 Å². The highest BCUT2D eigenvalue weighted by Crippen LogP contribution is 2.28. The molecule has 0 aliphatic carbocycles. The van der Waals surface area contributed by atoms with Crippen LogP contribution in [0.15, 0.2) is 72.8 Å². The Hall–Kier alpha value is -3.52. The van der Waals surface area contributed by atoms with Gasteiger partial charge in [0, 0.05) is 18.7 Å². The summed E-state index contributed by atoms with van der Waals surface area (Å²) in [6.45, 7) is 0.219. The summed E-state index contributed by atoms with van der Waals surface area (Å²) in [6, 6.07) is 18.1. The van der Waals surface area contributed by atoms with Gasteiger partial charge in [-0.3, -0.25) is 9.59 Å². The highest BCUT2D eigenvalue weighted by molar-refractivity contribution is 6.33. The van der Waals surface area contributed by atoms with Crippen LogP contribution in [0.3, 0.4) is 0 Å². The van der Waals surface area contributed by atoms with Crippen molar-refractivity contribution in [1.82, 2.24) is 4.90 Å². The second kappa shape index (κ2) is 9.15. The minimum absolute atomic E-state index is 0.219. The number of nitrogens with zero attached hydrogens (tertiary/aromatic N) is 1. The number of nitrogens with one attached hydrogen (secondary N) is 1. The molecule has 0 unspecified atom stereocenters. The Morgan fingerprint density at radius 3 is 2.24 bits per heavy atom. The maximum atomic E-state index is 13.3. The summed E-state index contributed by atoms with van der Waals surface area (Å²) >= 11 is 6.22. The number of amides is 2. The molecule has 1 N–H and O–H groups in total. The van der Waals surface area contributed by atoms with Crippen LogP contribution in [0.1, 0.15) is 21.5 Å². The van der Waals surface area contributed by atoms with Crippen molar-refractivity contribution in [2.75, 3.05) is 5.32 Å². The van der Waals surface area contributed by atoms with Gasteiger partial charge < -0.3 is 15.0 Å². The lowest BCUT2D eigenvalue weighted by molar-refractivity contribution is -0.274. The molecular weight excluding hydrogens is 457 g/mol. The fourth-order valence-electron chi connectivity index (χ4n) is 3.73. The van der Waals surface area contributed by atoms with Crippen LogP contribution in [0.4, 0.5) is 18.9 Å². The third-order valence-corrected chi connectivity index (χ3v) is 5.60. The van der Waals surface area contributed by atoms with Gasteiger partial charge in [0.1, 0.15) is 11.8 Å². The lowest BCUT2D eigenvalue weighted by Gasteiger charge is -2.36. The summed E-state index contributed by atoms with van der Waals surface area (Å²) in [5, 5.41) is 2.96. The first kappa shape index (κ1) is 22.7. The molecule has 1 aliphatic heterocycles. The molecule has 1 heterocycles. The van der Waals surface area contributed by atoms with Gasteiger partial charge in [0.2, 0.25) is 5.91 Å². The van der Waals surface area contributed by atoms with Gasteiger partial charge >= 0.3 is 6.36 Å². The molecule has 3 aromatic carbocycles. The van der Waals surface area contributed by atoms with Gasteiger partial charge in [0.25, 0.3) is 5.91 Å². The zero-order valence-corrected chi connectivity index (χ0v) is 17.9. The van der Waals surface area contributed by atoms with Gasteiger partial charge in [-0.05, 0) is 47.5 Å². The van der Waals surface area contributed by atoms with E-state index < -0.39 is 24.1 Å². The molecule has 0 aromatic heterocycles. The van der Waals surface area contributed by atoms with Crippen molar-refractivity contribution in [3.05, 3.63) is 94.5 Å². The van der Waals surface area contributed by atoms with E-state index in [2.05, 4.69) is 10.1 Å². The molecule has 0 spiro atoms. The van der Waals surface area contributed by atoms with Crippen LogP contribution in [-0.2, 0) is 17.8 Å². The summed E-state index contributed by atoms with van der Waals surface area (Å²) < 4.78 is 40.9. The number of anilines is 1. The molecule has 3 aromatic rings. The zero-order chi connectivity index (χ0) is 23.6. The number of fused-ring (bicyclic) bond motifs is 1. The van der Waals surface area contributed by atoms with Crippen molar-refractivity contribution < 1.29 is 27.5 Å². The Labute approximate surface area is 192 Å². The van der Waals surface area contributed by atoms with Crippen molar-refractivity contribution in [2.24, 2.45) is 0 Å². The first-order valence-corrected chi connectivity index (χ1v) is 10.4. The second-order valence-corrected chi connectivity index (χ2v) is 7.87. The van der Waals surface area contributed by atoms with E-state index in [1.165, 1.54) is 17.0 Å². The minimum Gasteiger partial charge on any atom is -0.406 e. The van der Waals surface area contributed by atoms with Crippen molar-refractivity contribution >= 4 is 29.1 Å². The summed E-state index contributed by atoms with van der Waals surface area (Å²) in [6.07, 6.45) is -4.52. The normalized spacial score (nSPS) is 15.5. The van der Waals surface area contributed by atoms with E-state index in [4.69, 9.17) is 11.6 Å². The monoisotopic (exact) mass is 474 g/mol. The Morgan fingerprint density at radius 2 is 1.58 bits per heavy atom. The van der Waals surface area contributed by atoms with Crippen LogP contribution in [0.25, 0.3) is 0 Å². The van der Waals surface area contributed by atoms with Crippen LogP contribution in [0.2, 0.25) is 5.02 Å². The largest absolute Gasteiger partial charge is 0.573 e. The van der Waals surface area contributed by atoms with E-state index >= 15 is 0 Å². The average molecular weight is 475 g/mol. The highest BCUT2D eigenvalue weighted by atomic mass is 35.5. The number of hydrogen-bond donors (Lipinski definition) is 1. The molecule has 0 bridgehead atoms. The third kappa shape index (κ3) is 5.28. The molecule has 5 nitrogen and oxygen atoms in total. The predicted octanol–water partition coefficient (Wildman–Crippen LogP) is 5.44. The summed E-state index contributed by atoms with van der Waals surface area (Å²) in [7, 11) is 0. The van der Waals surface area contributed by atoms with E-state index in [1.54, 1.807) is 24.3 Å². The zero-order valence-electron chi connectivity index (χ0n) is 17.1. The van der Waals surface area contributed by atoms with E-state index in [0.717, 1.165) is 23.3 Å². The van der Waals surface area contributed by atoms with Gasteiger partial charge in [0.15, 0.2) is 0 Å². The SMILES string of the molecule is O=C(Nc1ccc(OC(F)(F)F)cc1)[C@@H]1Cc2ccccc2CN1C(=O)c1ccccc1Cl. The molecule has 1 atom stereocenters. The molecule has 4 rings (SSSR count). The van der Waals surface area contributed by atoms with Gasteiger partial charge in [0.05, 0.1) is 10.6 Å². The van der Waals surface area contributed by atoms with E-state index in [9.17, 15) is 22.8 Å². The molecule has 0 saturated heterocycles. The number of ether oxygens (including phenoxy) is 1. The summed E-state index contributed by atoms with van der Waals surface area (Å²) in [4.78, 5) is 27.9. The van der Waals surface area contributed by atoms with Crippen LogP contribution < -0.4 is 10.1 Å². The van der Waals surface area contributed by atoms with Crippen molar-refractivity contribution in [3.63, 3.8) is 0 Å². The summed E-state index contributed by atoms with van der Waals surface area (Å²) in [5.74, 6) is -1.25. The first-order valence-electron chi connectivity index (χ1n) is 10.0. The van der Waals surface area contributed by atoms with Crippen molar-refractivity contribution in [2.45, 2.75) is 25.4 Å². The molecule has 0 fully saturated rings. The van der Waals surface area contributed by atoms with Gasteiger partial charge in [-0.15, -0.1) is 13.2 Å². The lowest BCUT2D eigenvalue weighted by Crippen LogP contribution is -2.50. The molecule has 0 radical (unpaired) electrons. The Bertz CT molecular complexity index is 1180. The number of alkyl halides is 3. The standard InChI is InChI=1S/C24H18ClF3N2O3/c25-20-8-4-3-7-19(20)23(32)30-14-16-6-2-1-5-15(16)13-21(30)22(31)29-17-9-11-18(12-10-17)33-24(26,27)28/h1-12,21H,13-14H2,(H,29,31)/t21-/m0/s1. The quantitative estimate of drug-likeness (QED) is 0.547. The van der Waals surface area contributed by atoms with Crippen molar-refractivity contribution in [1.29, 1.82) is 0 Å². The van der Waals surface area contributed by atoms with Crippen LogP contribution in [0.5, 0.6) is 5.75 Å². The van der Waals surface area contributed by atoms with Gasteiger partial charge in [-0.2, -0.15) is 0 Å². The third-order valence-electron chi connectivity index (χ3n) is 5.27. The predicted molar refractivity (Wildman–Crippen MR) is 117 cm³/mol. The number of hydrogen-bond acceptors (Lipinski definition) is 3. The smallest absolute Gasteiger partial charge is 0.406 e. The van der Waals surface area contributed by atoms with Gasteiger partial charge in [-0.1, -0.05) is 48.0 Å². The fourth-order valence-corrected chi connectivity index (χ4v) is 3.94. The highest BCUT2D eigenvalue weighted by Gasteiger charge is 2.36. The number of benzene rings is 3. The molecular formula is C24H18ClF3N2O3. The number of halogens is 4. The van der Waals surface area contributed by atoms with Crippen LogP contribution >= 0.6 is 11.6 Å².